The van der Waals surface area contributed by atoms with Crippen molar-refractivity contribution in [3.8, 4) is 0 Å². The molecule has 4 aromatic rings. The van der Waals surface area contributed by atoms with Crippen molar-refractivity contribution in [1.29, 1.82) is 0 Å². The summed E-state index contributed by atoms with van der Waals surface area (Å²) in [6.45, 7) is 0. The molecule has 0 unspecified atom stereocenters. The van der Waals surface area contributed by atoms with E-state index in [1.807, 2.05) is 24.3 Å². The zero-order chi connectivity index (χ0) is 25.0. The quantitative estimate of drug-likeness (QED) is 0.256. The number of hydrogen-bond acceptors (Lipinski definition) is 5. The molecule has 0 saturated heterocycles. The summed E-state index contributed by atoms with van der Waals surface area (Å²) in [5.41, 5.74) is 5.12. The molecule has 1 aliphatic carbocycles. The van der Waals surface area contributed by atoms with Gasteiger partial charge < -0.3 is 0 Å². The molecule has 178 valence electrons. The molecule has 0 radical (unpaired) electrons. The maximum absolute atomic E-state index is 13.8. The zero-order valence-corrected chi connectivity index (χ0v) is 21.0. The molecule has 2 aliphatic rings. The molecule has 2 heterocycles. The largest absolute Gasteiger partial charge is 0.272 e. The molecular formula is C27H17Cl2N3O3S. The van der Waals surface area contributed by atoms with Crippen LogP contribution in [0.3, 0.4) is 0 Å². The van der Waals surface area contributed by atoms with Crippen molar-refractivity contribution in [3.05, 3.63) is 134 Å². The second-order valence-electron chi connectivity index (χ2n) is 8.61. The predicted octanol–water partition coefficient (Wildman–Crippen LogP) is 5.53. The van der Waals surface area contributed by atoms with Gasteiger partial charge in [-0.3, -0.25) is 19.5 Å². The lowest BCUT2D eigenvalue weighted by molar-refractivity contribution is -0.384. The van der Waals surface area contributed by atoms with Gasteiger partial charge in [0.15, 0.2) is 4.80 Å². The van der Waals surface area contributed by atoms with Crippen molar-refractivity contribution in [1.82, 2.24) is 4.57 Å². The number of thiazole rings is 1. The Balaban J connectivity index is 1.64. The van der Waals surface area contributed by atoms with E-state index in [0.29, 0.717) is 36.9 Å². The minimum atomic E-state index is -0.499. The van der Waals surface area contributed by atoms with Gasteiger partial charge in [0.1, 0.15) is 0 Å². The summed E-state index contributed by atoms with van der Waals surface area (Å²) in [6.07, 6.45) is 3.23. The highest BCUT2D eigenvalue weighted by atomic mass is 35.5. The van der Waals surface area contributed by atoms with Gasteiger partial charge in [0, 0.05) is 17.7 Å². The van der Waals surface area contributed by atoms with Crippen LogP contribution in [0.2, 0.25) is 10.0 Å². The lowest BCUT2D eigenvalue weighted by Gasteiger charge is -2.30. The maximum atomic E-state index is 13.8. The van der Waals surface area contributed by atoms with Gasteiger partial charge in [-0.2, -0.15) is 0 Å². The third kappa shape index (κ3) is 3.71. The monoisotopic (exact) mass is 533 g/mol. The van der Waals surface area contributed by atoms with Crippen LogP contribution < -0.4 is 14.9 Å². The van der Waals surface area contributed by atoms with Gasteiger partial charge in [-0.15, -0.1) is 0 Å². The van der Waals surface area contributed by atoms with E-state index in [2.05, 4.69) is 6.07 Å². The van der Waals surface area contributed by atoms with Crippen LogP contribution in [0.4, 0.5) is 5.69 Å². The smallest absolute Gasteiger partial charge is 0.271 e. The number of fused-ring (bicyclic) bond motifs is 3. The average Bonchev–Trinajstić information content (AvgIpc) is 3.20. The van der Waals surface area contributed by atoms with Crippen LogP contribution in [0.25, 0.3) is 11.8 Å². The second-order valence-corrected chi connectivity index (χ2v) is 10.4. The predicted molar refractivity (Wildman–Crippen MR) is 142 cm³/mol. The molecule has 1 aliphatic heterocycles. The first-order valence-electron chi connectivity index (χ1n) is 11.2. The van der Waals surface area contributed by atoms with E-state index >= 15 is 0 Å². The highest BCUT2D eigenvalue weighted by molar-refractivity contribution is 7.07. The normalized spacial score (nSPS) is 16.7. The van der Waals surface area contributed by atoms with Crippen LogP contribution in [0.1, 0.15) is 34.7 Å². The molecule has 6 rings (SSSR count). The number of non-ortho nitro benzene ring substituents is 1. The number of hydrogen-bond donors (Lipinski definition) is 0. The van der Waals surface area contributed by atoms with Crippen molar-refractivity contribution in [3.63, 3.8) is 0 Å². The molecule has 0 fully saturated rings. The second kappa shape index (κ2) is 8.85. The Kier molecular flexibility index (Phi) is 5.63. The van der Waals surface area contributed by atoms with E-state index in [-0.39, 0.29) is 11.2 Å². The van der Waals surface area contributed by atoms with Crippen LogP contribution >= 0.6 is 34.5 Å². The summed E-state index contributed by atoms with van der Waals surface area (Å²) in [4.78, 5) is 30.4. The van der Waals surface area contributed by atoms with Crippen LogP contribution in [0.15, 0.2) is 82.1 Å². The number of aromatic nitrogens is 1. The minimum Gasteiger partial charge on any atom is -0.272 e. The van der Waals surface area contributed by atoms with Gasteiger partial charge in [0.05, 0.1) is 31.2 Å². The molecule has 9 heteroatoms. The number of benzene rings is 3. The van der Waals surface area contributed by atoms with Crippen LogP contribution in [-0.4, -0.2) is 9.49 Å². The third-order valence-corrected chi connectivity index (χ3v) is 8.35. The van der Waals surface area contributed by atoms with E-state index in [4.69, 9.17) is 28.2 Å². The fourth-order valence-electron chi connectivity index (χ4n) is 4.90. The first kappa shape index (κ1) is 22.9. The fourth-order valence-corrected chi connectivity index (χ4v) is 6.26. The van der Waals surface area contributed by atoms with E-state index in [1.54, 1.807) is 41.0 Å². The molecule has 0 N–H and O–H groups in total. The molecule has 0 saturated carbocycles. The van der Waals surface area contributed by atoms with Crippen molar-refractivity contribution < 1.29 is 4.92 Å². The molecule has 0 bridgehead atoms. The number of nitro benzene ring substituents is 1. The number of rotatable bonds is 3. The molecule has 0 spiro atoms. The topological polar surface area (TPSA) is 77.5 Å². The molecule has 36 heavy (non-hydrogen) atoms. The summed E-state index contributed by atoms with van der Waals surface area (Å²) in [6, 6.07) is 19.4. The molecule has 3 aromatic carbocycles. The van der Waals surface area contributed by atoms with Crippen molar-refractivity contribution in [2.24, 2.45) is 4.99 Å². The lowest BCUT2D eigenvalue weighted by atomic mass is 9.83. The van der Waals surface area contributed by atoms with Crippen LogP contribution in [0.5, 0.6) is 0 Å². The van der Waals surface area contributed by atoms with Crippen LogP contribution in [-0.2, 0) is 6.42 Å². The highest BCUT2D eigenvalue weighted by Gasteiger charge is 2.33. The summed E-state index contributed by atoms with van der Waals surface area (Å²) in [5.74, 6) is 0. The maximum Gasteiger partial charge on any atom is 0.271 e. The van der Waals surface area contributed by atoms with Crippen LogP contribution in [0, 0.1) is 10.1 Å². The van der Waals surface area contributed by atoms with Gasteiger partial charge in [0.2, 0.25) is 0 Å². The summed E-state index contributed by atoms with van der Waals surface area (Å²) in [7, 11) is 0. The summed E-state index contributed by atoms with van der Waals surface area (Å²) in [5, 5.41) is 12.3. The van der Waals surface area contributed by atoms with Gasteiger partial charge in [-0.25, -0.2) is 4.99 Å². The SMILES string of the molecule is O=c1/c(=C\c2cccc(Cl)c2Cl)sc2n1[C@@H](c1cccc([N+](=O)[O-])c1)C1=C(N=2)c2ccccc2CC1. The Morgan fingerprint density at radius 1 is 1.06 bits per heavy atom. The summed E-state index contributed by atoms with van der Waals surface area (Å²) < 4.78 is 2.11. The van der Waals surface area contributed by atoms with Crippen molar-refractivity contribution in [2.75, 3.05) is 0 Å². The Labute approximate surface area is 219 Å². The van der Waals surface area contributed by atoms with Crippen molar-refractivity contribution in [2.45, 2.75) is 18.9 Å². The minimum absolute atomic E-state index is 0.0179. The Morgan fingerprint density at radius 2 is 1.86 bits per heavy atom. The number of nitrogens with zero attached hydrogens (tertiary/aromatic N) is 3. The number of halogens is 2. The Hall–Kier alpha value is -3.52. The molecular weight excluding hydrogens is 517 g/mol. The molecule has 1 aromatic heterocycles. The first-order chi connectivity index (χ1) is 17.4. The Bertz CT molecular complexity index is 1790. The standard InChI is InChI=1S/C27H17Cl2N3O3S/c28-21-10-4-6-16(23(21)29)14-22-26(33)31-25(17-7-3-8-18(13-17)32(34)35)20-12-11-15-5-1-2-9-19(15)24(20)30-27(31)36-22/h1-10,13-14,25H,11-12H2/b22-14+/t25-/m0/s1. The molecule has 0 amide bonds. The van der Waals surface area contributed by atoms with Gasteiger partial charge >= 0.3 is 0 Å². The first-order valence-corrected chi connectivity index (χ1v) is 12.8. The van der Waals surface area contributed by atoms with Gasteiger partial charge in [-0.05, 0) is 47.2 Å². The summed E-state index contributed by atoms with van der Waals surface area (Å²) >= 11 is 13.8. The molecule has 6 nitrogen and oxygen atoms in total. The third-order valence-electron chi connectivity index (χ3n) is 6.54. The number of nitro groups is 1. The van der Waals surface area contributed by atoms with E-state index < -0.39 is 11.0 Å². The van der Waals surface area contributed by atoms with Gasteiger partial charge in [-0.1, -0.05) is 83.1 Å². The Morgan fingerprint density at radius 3 is 2.69 bits per heavy atom. The lowest BCUT2D eigenvalue weighted by Crippen LogP contribution is -2.38. The van der Waals surface area contributed by atoms with Gasteiger partial charge in [0.25, 0.3) is 11.2 Å². The molecule has 1 atom stereocenters. The highest BCUT2D eigenvalue weighted by Crippen LogP contribution is 2.41. The van der Waals surface area contributed by atoms with E-state index in [0.717, 1.165) is 23.3 Å². The number of aryl methyl sites for hydroxylation is 1. The average molecular weight is 534 g/mol. The fraction of sp³-hybridized carbons (Fsp3) is 0.111. The number of allylic oxidation sites excluding steroid dienone is 1. The van der Waals surface area contributed by atoms with E-state index in [9.17, 15) is 14.9 Å². The van der Waals surface area contributed by atoms with E-state index in [1.165, 1.54) is 23.0 Å². The van der Waals surface area contributed by atoms with Crippen molar-refractivity contribution >= 4 is 52.0 Å². The zero-order valence-electron chi connectivity index (χ0n) is 18.7.